The number of nitrogens with two attached hydrogens (primary N) is 1. The number of nitrogens with zero attached hydrogens (tertiary/aromatic N) is 2. The predicted octanol–water partition coefficient (Wildman–Crippen LogP) is 3.27. The summed E-state index contributed by atoms with van der Waals surface area (Å²) in [7, 11) is 0. The number of aromatic nitrogens is 1. The first-order chi connectivity index (χ1) is 9.24. The van der Waals surface area contributed by atoms with Crippen molar-refractivity contribution in [1.29, 1.82) is 0 Å². The third-order valence-corrected chi connectivity index (χ3v) is 3.86. The molecule has 0 amide bonds. The first-order valence-electron chi connectivity index (χ1n) is 6.47. The summed E-state index contributed by atoms with van der Waals surface area (Å²) in [6, 6.07) is 10.1. The third kappa shape index (κ3) is 2.51. The maximum absolute atomic E-state index is 6.14. The van der Waals surface area contributed by atoms with Crippen LogP contribution in [0.4, 0.5) is 11.4 Å². The Morgan fingerprint density at radius 2 is 2.21 bits per heavy atom. The lowest BCUT2D eigenvalue weighted by molar-refractivity contribution is 0.690. The Bertz CT molecular complexity index is 598. The van der Waals surface area contributed by atoms with Gasteiger partial charge in [-0.3, -0.25) is 0 Å². The topological polar surface area (TPSA) is 42.1 Å². The molecule has 98 valence electrons. The van der Waals surface area contributed by atoms with Crippen LogP contribution in [0.3, 0.4) is 0 Å². The van der Waals surface area contributed by atoms with Crippen LogP contribution in [0.25, 0.3) is 0 Å². The van der Waals surface area contributed by atoms with E-state index in [-0.39, 0.29) is 0 Å². The molecule has 1 aliphatic heterocycles. The van der Waals surface area contributed by atoms with Gasteiger partial charge in [0.2, 0.25) is 0 Å². The molecule has 2 N–H and O–H groups in total. The van der Waals surface area contributed by atoms with Crippen molar-refractivity contribution in [3.05, 3.63) is 52.8 Å². The zero-order chi connectivity index (χ0) is 13.2. The smallest absolute Gasteiger partial charge is 0.133 e. The van der Waals surface area contributed by atoms with Crippen molar-refractivity contribution in [1.82, 2.24) is 4.98 Å². The number of benzene rings is 1. The Morgan fingerprint density at radius 1 is 1.32 bits per heavy atom. The van der Waals surface area contributed by atoms with Crippen molar-refractivity contribution in [2.75, 3.05) is 17.2 Å². The molecule has 0 bridgehead atoms. The average molecular weight is 274 g/mol. The minimum Gasteiger partial charge on any atom is -0.399 e. The molecule has 0 unspecified atom stereocenters. The second-order valence-corrected chi connectivity index (χ2v) is 5.22. The maximum atomic E-state index is 6.14. The van der Waals surface area contributed by atoms with E-state index in [9.17, 15) is 0 Å². The first kappa shape index (κ1) is 12.3. The number of hydrogen-bond donors (Lipinski definition) is 1. The summed E-state index contributed by atoms with van der Waals surface area (Å²) in [5.41, 5.74) is 10.3. The van der Waals surface area contributed by atoms with Crippen LogP contribution in [0, 0.1) is 0 Å². The SMILES string of the molecule is Nc1ccc2c(c1)CCCN2Cc1cccnc1Cl. The summed E-state index contributed by atoms with van der Waals surface area (Å²) >= 11 is 6.14. The summed E-state index contributed by atoms with van der Waals surface area (Å²) in [4.78, 5) is 6.48. The van der Waals surface area contributed by atoms with Crippen LogP contribution < -0.4 is 10.6 Å². The van der Waals surface area contributed by atoms with E-state index in [1.165, 1.54) is 11.3 Å². The van der Waals surface area contributed by atoms with Gasteiger partial charge in [0.1, 0.15) is 5.15 Å². The fourth-order valence-corrected chi connectivity index (χ4v) is 2.78. The van der Waals surface area contributed by atoms with Crippen LogP contribution in [0.5, 0.6) is 0 Å². The lowest BCUT2D eigenvalue weighted by atomic mass is 10.0. The van der Waals surface area contributed by atoms with Gasteiger partial charge in [0.15, 0.2) is 0 Å². The standard InChI is InChI=1S/C15H16ClN3/c16-15-12(3-1-7-18-15)10-19-8-2-4-11-9-13(17)5-6-14(11)19/h1,3,5-7,9H,2,4,8,10,17H2. The normalized spacial score (nSPS) is 14.3. The summed E-state index contributed by atoms with van der Waals surface area (Å²) < 4.78 is 0. The van der Waals surface area contributed by atoms with Crippen molar-refractivity contribution in [2.45, 2.75) is 19.4 Å². The zero-order valence-electron chi connectivity index (χ0n) is 10.6. The van der Waals surface area contributed by atoms with E-state index in [0.29, 0.717) is 5.15 Å². The summed E-state index contributed by atoms with van der Waals surface area (Å²) in [5, 5.41) is 0.588. The second-order valence-electron chi connectivity index (χ2n) is 4.87. The Hall–Kier alpha value is -1.74. The number of halogens is 1. The molecule has 4 heteroatoms. The van der Waals surface area contributed by atoms with Crippen molar-refractivity contribution >= 4 is 23.0 Å². The van der Waals surface area contributed by atoms with Gasteiger partial charge in [-0.15, -0.1) is 0 Å². The van der Waals surface area contributed by atoms with Gasteiger partial charge in [-0.05, 0) is 42.7 Å². The van der Waals surface area contributed by atoms with Crippen molar-refractivity contribution < 1.29 is 0 Å². The predicted molar refractivity (Wildman–Crippen MR) is 79.5 cm³/mol. The van der Waals surface area contributed by atoms with Crippen LogP contribution in [0.1, 0.15) is 17.5 Å². The van der Waals surface area contributed by atoms with Crippen LogP contribution >= 0.6 is 11.6 Å². The van der Waals surface area contributed by atoms with Gasteiger partial charge in [0.25, 0.3) is 0 Å². The largest absolute Gasteiger partial charge is 0.399 e. The van der Waals surface area contributed by atoms with E-state index in [1.54, 1.807) is 6.20 Å². The van der Waals surface area contributed by atoms with E-state index in [4.69, 9.17) is 17.3 Å². The number of hydrogen-bond acceptors (Lipinski definition) is 3. The molecule has 1 aromatic heterocycles. The highest BCUT2D eigenvalue weighted by atomic mass is 35.5. The van der Waals surface area contributed by atoms with Crippen LogP contribution in [0.2, 0.25) is 5.15 Å². The van der Waals surface area contributed by atoms with Gasteiger partial charge in [0.05, 0.1) is 0 Å². The molecule has 2 aromatic rings. The third-order valence-electron chi connectivity index (χ3n) is 3.52. The first-order valence-corrected chi connectivity index (χ1v) is 6.84. The van der Waals surface area contributed by atoms with Crippen molar-refractivity contribution in [3.63, 3.8) is 0 Å². The Balaban J connectivity index is 1.90. The van der Waals surface area contributed by atoms with E-state index < -0.39 is 0 Å². The molecule has 0 atom stereocenters. The van der Waals surface area contributed by atoms with Crippen molar-refractivity contribution in [3.8, 4) is 0 Å². The average Bonchev–Trinajstić information content (AvgIpc) is 2.41. The van der Waals surface area contributed by atoms with Crippen LogP contribution in [0.15, 0.2) is 36.5 Å². The zero-order valence-corrected chi connectivity index (χ0v) is 11.4. The van der Waals surface area contributed by atoms with Gasteiger partial charge in [0, 0.05) is 36.2 Å². The number of rotatable bonds is 2. The van der Waals surface area contributed by atoms with Gasteiger partial charge in [-0.25, -0.2) is 4.98 Å². The fourth-order valence-electron chi connectivity index (χ4n) is 2.60. The monoisotopic (exact) mass is 273 g/mol. The van der Waals surface area contributed by atoms with E-state index in [1.807, 2.05) is 18.2 Å². The maximum Gasteiger partial charge on any atom is 0.133 e. The molecule has 1 aromatic carbocycles. The van der Waals surface area contributed by atoms with E-state index >= 15 is 0 Å². The minimum atomic E-state index is 0.588. The molecule has 3 nitrogen and oxygen atoms in total. The van der Waals surface area contributed by atoms with Crippen LogP contribution in [-0.2, 0) is 13.0 Å². The highest BCUT2D eigenvalue weighted by Gasteiger charge is 2.17. The molecule has 0 radical (unpaired) electrons. The molecule has 0 spiro atoms. The van der Waals surface area contributed by atoms with Crippen LogP contribution in [-0.4, -0.2) is 11.5 Å². The van der Waals surface area contributed by atoms with E-state index in [2.05, 4.69) is 22.0 Å². The molecule has 0 saturated carbocycles. The number of aryl methyl sites for hydroxylation is 1. The summed E-state index contributed by atoms with van der Waals surface area (Å²) in [5.74, 6) is 0. The van der Waals surface area contributed by atoms with Crippen molar-refractivity contribution in [2.24, 2.45) is 0 Å². The molecule has 2 heterocycles. The van der Waals surface area contributed by atoms with E-state index in [0.717, 1.165) is 37.2 Å². The van der Waals surface area contributed by atoms with Gasteiger partial charge < -0.3 is 10.6 Å². The Labute approximate surface area is 118 Å². The Kier molecular flexibility index (Phi) is 3.30. The van der Waals surface area contributed by atoms with Gasteiger partial charge in [-0.2, -0.15) is 0 Å². The quantitative estimate of drug-likeness (QED) is 0.674. The second kappa shape index (κ2) is 5.10. The molecular weight excluding hydrogens is 258 g/mol. The fraction of sp³-hybridized carbons (Fsp3) is 0.267. The van der Waals surface area contributed by atoms with Gasteiger partial charge in [-0.1, -0.05) is 17.7 Å². The van der Waals surface area contributed by atoms with Gasteiger partial charge >= 0.3 is 0 Å². The highest BCUT2D eigenvalue weighted by Crippen LogP contribution is 2.30. The molecule has 19 heavy (non-hydrogen) atoms. The molecule has 1 aliphatic rings. The minimum absolute atomic E-state index is 0.588. The molecule has 3 rings (SSSR count). The lowest BCUT2D eigenvalue weighted by Gasteiger charge is -2.31. The number of nitrogen functional groups attached to an aromatic ring is 1. The number of fused-ring (bicyclic) bond motifs is 1. The highest BCUT2D eigenvalue weighted by molar-refractivity contribution is 6.30. The number of anilines is 2. The lowest BCUT2D eigenvalue weighted by Crippen LogP contribution is -2.29. The summed E-state index contributed by atoms with van der Waals surface area (Å²) in [6.07, 6.45) is 3.96. The summed E-state index contributed by atoms with van der Waals surface area (Å²) in [6.45, 7) is 1.84. The molecule has 0 aliphatic carbocycles. The number of pyridine rings is 1. The Morgan fingerprint density at radius 3 is 3.05 bits per heavy atom. The molecule has 0 fully saturated rings. The molecular formula is C15H16ClN3. The molecule has 0 saturated heterocycles.